The Bertz CT molecular complexity index is 1730. The number of hydroxylamine groups is 1. The van der Waals surface area contributed by atoms with Crippen LogP contribution in [0.5, 0.6) is 0 Å². The smallest absolute Gasteiger partial charge is 0.280 e. The number of rotatable bonds is 9. The lowest BCUT2D eigenvalue weighted by Crippen LogP contribution is -2.29. The minimum absolute atomic E-state index is 0.0362. The fraction of sp³-hybridized carbons (Fsp3) is 0.259. The zero-order chi connectivity index (χ0) is 27.6. The molecular weight excluding hydrogens is 520 g/mol. The lowest BCUT2D eigenvalue weighted by Gasteiger charge is -2.15. The first-order chi connectivity index (χ1) is 18.8. The average molecular weight is 549 g/mol. The molecule has 5 rings (SSSR count). The fourth-order valence-electron chi connectivity index (χ4n) is 4.64. The van der Waals surface area contributed by atoms with Gasteiger partial charge in [0.1, 0.15) is 5.56 Å². The van der Waals surface area contributed by atoms with E-state index >= 15 is 0 Å². The second kappa shape index (κ2) is 10.9. The minimum atomic E-state index is -3.48. The molecule has 2 aromatic carbocycles. The van der Waals surface area contributed by atoms with Gasteiger partial charge in [-0.1, -0.05) is 12.1 Å². The maximum Gasteiger partial charge on any atom is 0.280 e. The highest BCUT2D eigenvalue weighted by Gasteiger charge is 2.20. The number of hydrogen-bond donors (Lipinski definition) is 3. The number of pyridine rings is 1. The number of benzene rings is 2. The standard InChI is InChI=1S/C27H28N6O5S/c1-28-11-12-39(36,37)21-8-4-7-19(14-21)30-27-29-15-22-24(34)23(26(35)32-38-2)16-33(25(22)31-27)20-10-9-17-5-3-6-18(17)13-20/h4,7-10,13-16,28H,3,5-6,11-12H2,1-2H3,(H,32,35)(H,29,30,31). The van der Waals surface area contributed by atoms with Gasteiger partial charge in [-0.2, -0.15) is 4.98 Å². The predicted molar refractivity (Wildman–Crippen MR) is 147 cm³/mol. The van der Waals surface area contributed by atoms with Crippen molar-refractivity contribution in [3.05, 3.63) is 81.8 Å². The minimum Gasteiger partial charge on any atom is -0.324 e. The third-order valence-electron chi connectivity index (χ3n) is 6.61. The van der Waals surface area contributed by atoms with Crippen molar-refractivity contribution in [2.75, 3.05) is 31.8 Å². The molecule has 0 saturated carbocycles. The highest BCUT2D eigenvalue weighted by Crippen LogP contribution is 2.26. The number of anilines is 2. The molecule has 0 unspecified atom stereocenters. The zero-order valence-corrected chi connectivity index (χ0v) is 22.3. The van der Waals surface area contributed by atoms with E-state index in [2.05, 4.69) is 32.1 Å². The Labute approximate surface area is 225 Å². The molecule has 202 valence electrons. The summed E-state index contributed by atoms with van der Waals surface area (Å²) in [5.41, 5.74) is 5.55. The summed E-state index contributed by atoms with van der Waals surface area (Å²) in [7, 11) is -0.494. The summed E-state index contributed by atoms with van der Waals surface area (Å²) in [5, 5.41) is 6.04. The summed E-state index contributed by atoms with van der Waals surface area (Å²) in [6, 6.07) is 12.4. The summed E-state index contributed by atoms with van der Waals surface area (Å²) in [6.45, 7) is 0.332. The Kier molecular flexibility index (Phi) is 7.42. The van der Waals surface area contributed by atoms with Crippen molar-refractivity contribution >= 4 is 38.4 Å². The molecule has 11 nitrogen and oxygen atoms in total. The third kappa shape index (κ3) is 5.39. The van der Waals surface area contributed by atoms with Gasteiger partial charge in [-0.15, -0.1) is 0 Å². The normalized spacial score (nSPS) is 12.9. The van der Waals surface area contributed by atoms with Gasteiger partial charge in [-0.25, -0.2) is 18.9 Å². The first-order valence-corrected chi connectivity index (χ1v) is 14.1. The summed E-state index contributed by atoms with van der Waals surface area (Å²) >= 11 is 0. The Morgan fingerprint density at radius 3 is 2.74 bits per heavy atom. The second-order valence-corrected chi connectivity index (χ2v) is 11.3. The van der Waals surface area contributed by atoms with Crippen molar-refractivity contribution < 1.29 is 18.0 Å². The van der Waals surface area contributed by atoms with Gasteiger partial charge in [0.2, 0.25) is 11.4 Å². The summed E-state index contributed by atoms with van der Waals surface area (Å²) in [6.07, 6.45) is 5.84. The number of nitrogens with zero attached hydrogens (tertiary/aromatic N) is 3. The molecule has 2 heterocycles. The number of aryl methyl sites for hydroxylation is 2. The van der Waals surface area contributed by atoms with Crippen LogP contribution in [-0.4, -0.2) is 55.3 Å². The molecule has 3 N–H and O–H groups in total. The molecule has 2 aromatic heterocycles. The zero-order valence-electron chi connectivity index (χ0n) is 21.5. The number of amides is 1. The number of nitrogens with one attached hydrogen (secondary N) is 3. The molecule has 12 heteroatoms. The molecule has 0 radical (unpaired) electrons. The molecule has 39 heavy (non-hydrogen) atoms. The van der Waals surface area contributed by atoms with Gasteiger partial charge in [-0.05, 0) is 67.8 Å². The maximum absolute atomic E-state index is 13.2. The van der Waals surface area contributed by atoms with Crippen LogP contribution >= 0.6 is 0 Å². The van der Waals surface area contributed by atoms with Crippen molar-refractivity contribution in [3.63, 3.8) is 0 Å². The van der Waals surface area contributed by atoms with E-state index in [9.17, 15) is 18.0 Å². The van der Waals surface area contributed by atoms with Gasteiger partial charge in [0.15, 0.2) is 15.5 Å². The number of sulfone groups is 1. The van der Waals surface area contributed by atoms with E-state index in [1.807, 2.05) is 12.1 Å². The largest absolute Gasteiger partial charge is 0.324 e. The van der Waals surface area contributed by atoms with Crippen molar-refractivity contribution in [3.8, 4) is 5.69 Å². The van der Waals surface area contributed by atoms with E-state index in [1.54, 1.807) is 23.7 Å². The van der Waals surface area contributed by atoms with Crippen LogP contribution in [0, 0.1) is 0 Å². The van der Waals surface area contributed by atoms with Gasteiger partial charge in [-0.3, -0.25) is 14.4 Å². The highest BCUT2D eigenvalue weighted by molar-refractivity contribution is 7.91. The number of carbonyl (C=O) groups excluding carboxylic acids is 1. The lowest BCUT2D eigenvalue weighted by atomic mass is 10.1. The van der Waals surface area contributed by atoms with Crippen LogP contribution in [0.4, 0.5) is 11.6 Å². The predicted octanol–water partition coefficient (Wildman–Crippen LogP) is 2.30. The molecule has 0 bridgehead atoms. The van der Waals surface area contributed by atoms with E-state index in [0.717, 1.165) is 24.9 Å². The van der Waals surface area contributed by atoms with Gasteiger partial charge in [0, 0.05) is 30.3 Å². The first kappa shape index (κ1) is 26.5. The van der Waals surface area contributed by atoms with E-state index in [1.165, 1.54) is 42.8 Å². The van der Waals surface area contributed by atoms with Crippen LogP contribution in [0.15, 0.2) is 64.5 Å². The number of carbonyl (C=O) groups is 1. The van der Waals surface area contributed by atoms with Crippen LogP contribution < -0.4 is 21.5 Å². The van der Waals surface area contributed by atoms with Crippen molar-refractivity contribution in [2.24, 2.45) is 0 Å². The van der Waals surface area contributed by atoms with Crippen LogP contribution in [0.1, 0.15) is 27.9 Å². The third-order valence-corrected chi connectivity index (χ3v) is 8.33. The van der Waals surface area contributed by atoms with Gasteiger partial charge in [0.25, 0.3) is 5.91 Å². The van der Waals surface area contributed by atoms with Gasteiger partial charge in [0.05, 0.1) is 23.1 Å². The monoisotopic (exact) mass is 548 g/mol. The Morgan fingerprint density at radius 2 is 1.95 bits per heavy atom. The number of fused-ring (bicyclic) bond motifs is 2. The van der Waals surface area contributed by atoms with Crippen molar-refractivity contribution in [2.45, 2.75) is 24.2 Å². The highest BCUT2D eigenvalue weighted by atomic mass is 32.2. The SMILES string of the molecule is CNCCS(=O)(=O)c1cccc(Nc2ncc3c(=O)c(C(=O)NOC)cn(-c4ccc5c(c4)CCC5)c3n2)c1. The van der Waals surface area contributed by atoms with E-state index < -0.39 is 21.2 Å². The molecule has 0 saturated heterocycles. The average Bonchev–Trinajstić information content (AvgIpc) is 3.40. The molecule has 0 aliphatic heterocycles. The number of hydrogen-bond acceptors (Lipinski definition) is 9. The second-order valence-electron chi connectivity index (χ2n) is 9.19. The lowest BCUT2D eigenvalue weighted by molar-refractivity contribution is 0.0536. The molecule has 0 fully saturated rings. The number of aromatic nitrogens is 3. The van der Waals surface area contributed by atoms with Gasteiger partial charge < -0.3 is 15.2 Å². The summed E-state index contributed by atoms with van der Waals surface area (Å²) < 4.78 is 27.0. The van der Waals surface area contributed by atoms with Crippen LogP contribution in [-0.2, 0) is 27.5 Å². The van der Waals surface area contributed by atoms with Gasteiger partial charge >= 0.3 is 0 Å². The molecule has 1 amide bonds. The Balaban J connectivity index is 1.60. The quantitative estimate of drug-likeness (QED) is 0.268. The molecule has 1 aliphatic carbocycles. The Morgan fingerprint density at radius 1 is 1.13 bits per heavy atom. The molecular formula is C27H28N6O5S. The molecule has 0 atom stereocenters. The van der Waals surface area contributed by atoms with E-state index in [4.69, 9.17) is 4.84 Å². The molecule has 1 aliphatic rings. The van der Waals surface area contributed by atoms with E-state index in [-0.39, 0.29) is 27.5 Å². The fourth-order valence-corrected chi connectivity index (χ4v) is 5.94. The maximum atomic E-state index is 13.2. The van der Waals surface area contributed by atoms with Crippen molar-refractivity contribution in [1.82, 2.24) is 25.3 Å². The van der Waals surface area contributed by atoms with E-state index in [0.29, 0.717) is 17.9 Å². The summed E-state index contributed by atoms with van der Waals surface area (Å²) in [4.78, 5) is 39.6. The Hall–Kier alpha value is -4.13. The topological polar surface area (TPSA) is 144 Å². The van der Waals surface area contributed by atoms with Crippen molar-refractivity contribution in [1.29, 1.82) is 0 Å². The van der Waals surface area contributed by atoms with Crippen LogP contribution in [0.3, 0.4) is 0 Å². The van der Waals surface area contributed by atoms with Crippen LogP contribution in [0.2, 0.25) is 0 Å². The molecule has 0 spiro atoms. The van der Waals surface area contributed by atoms with Crippen LogP contribution in [0.25, 0.3) is 16.7 Å². The summed E-state index contributed by atoms with van der Waals surface area (Å²) in [5.74, 6) is -0.556. The first-order valence-electron chi connectivity index (χ1n) is 12.4. The molecule has 4 aromatic rings.